The molecule has 0 saturated carbocycles. The molecule has 0 amide bonds. The number of allylic oxidation sites excluding steroid dienone is 1. The Morgan fingerprint density at radius 2 is 1.43 bits per heavy atom. The Morgan fingerprint density at radius 1 is 0.914 bits per heavy atom. The van der Waals surface area contributed by atoms with Crippen LogP contribution in [-0.4, -0.2) is 47.9 Å². The highest BCUT2D eigenvalue weighted by Crippen LogP contribution is 2.37. The average Bonchev–Trinajstić information content (AvgIpc) is 2.82. The Bertz CT molecular complexity index is 1160. The number of aryl methyl sites for hydroxylation is 1. The molecule has 0 spiro atoms. The molecule has 0 saturated heterocycles. The molecule has 1 atom stereocenters. The molecule has 0 aliphatic rings. The molecule has 0 aromatic heterocycles. The highest BCUT2D eigenvalue weighted by Gasteiger charge is 2.51. The Kier molecular flexibility index (Phi) is 8.91. The molecule has 1 N–H and O–H groups in total. The Hall–Kier alpha value is -3.54. The number of carbonyl (C=O) groups is 2. The quantitative estimate of drug-likeness (QED) is 0.403. The van der Waals surface area contributed by atoms with Gasteiger partial charge in [0.05, 0.1) is 37.8 Å². The smallest absolute Gasteiger partial charge is 0.396 e. The third-order valence-corrected chi connectivity index (χ3v) is 6.35. The summed E-state index contributed by atoms with van der Waals surface area (Å²) in [6.07, 6.45) is -4.70. The molecule has 2 aromatic carbocycles. The Morgan fingerprint density at radius 3 is 1.86 bits per heavy atom. The molecule has 8 nitrogen and oxygen atoms in total. The predicted molar refractivity (Wildman–Crippen MR) is 120 cm³/mol. The zero-order valence-electron chi connectivity index (χ0n) is 19.3. The van der Waals surface area contributed by atoms with Gasteiger partial charge in [-0.05, 0) is 55.0 Å². The van der Waals surface area contributed by atoms with Gasteiger partial charge in [-0.3, -0.25) is 14.3 Å². The van der Waals surface area contributed by atoms with E-state index in [0.717, 1.165) is 19.8 Å². The molecular weight excluding hydrogens is 491 g/mol. The molecule has 190 valence electrons. The summed E-state index contributed by atoms with van der Waals surface area (Å²) in [5, 5.41) is 0. The van der Waals surface area contributed by atoms with Crippen molar-refractivity contribution in [1.29, 1.82) is 0 Å². The van der Waals surface area contributed by atoms with Gasteiger partial charge < -0.3 is 14.2 Å². The van der Waals surface area contributed by atoms with Crippen molar-refractivity contribution in [2.45, 2.75) is 18.0 Å². The van der Waals surface area contributed by atoms with E-state index in [4.69, 9.17) is 4.74 Å². The zero-order chi connectivity index (χ0) is 26.4. The molecular formula is C23H24F3NO7S. The highest BCUT2D eigenvalue weighted by molar-refractivity contribution is 7.89. The molecule has 12 heteroatoms. The van der Waals surface area contributed by atoms with Crippen LogP contribution in [0.25, 0.3) is 5.70 Å². The maximum absolute atomic E-state index is 14.1. The van der Waals surface area contributed by atoms with Crippen molar-refractivity contribution in [2.24, 2.45) is 11.8 Å². The van der Waals surface area contributed by atoms with Gasteiger partial charge in [0.2, 0.25) is 0 Å². The van der Waals surface area contributed by atoms with Crippen LogP contribution in [0, 0.1) is 18.8 Å². The summed E-state index contributed by atoms with van der Waals surface area (Å²) in [6.45, 7) is 1.74. The SMILES string of the molecule is COC(=O)C(C(=O)OC)[C@H](/C=C(/NS(=O)(=O)c1ccc(C)cc1)c1ccc(OC)cc1)C(F)(F)F. The van der Waals surface area contributed by atoms with Gasteiger partial charge in [0, 0.05) is 0 Å². The Labute approximate surface area is 200 Å². The predicted octanol–water partition coefficient (Wildman–Crippen LogP) is 3.46. The lowest BCUT2D eigenvalue weighted by Gasteiger charge is -2.24. The summed E-state index contributed by atoms with van der Waals surface area (Å²) in [6, 6.07) is 11.1. The fourth-order valence-electron chi connectivity index (χ4n) is 3.08. The van der Waals surface area contributed by atoms with Crippen LogP contribution in [0.1, 0.15) is 11.1 Å². The number of rotatable bonds is 9. The lowest BCUT2D eigenvalue weighted by atomic mass is 9.89. The molecule has 0 aliphatic carbocycles. The van der Waals surface area contributed by atoms with Crippen molar-refractivity contribution in [2.75, 3.05) is 21.3 Å². The monoisotopic (exact) mass is 515 g/mol. The summed E-state index contributed by atoms with van der Waals surface area (Å²) in [4.78, 5) is 24.1. The summed E-state index contributed by atoms with van der Waals surface area (Å²) in [5.74, 6) is -7.83. The fraction of sp³-hybridized carbons (Fsp3) is 0.304. The topological polar surface area (TPSA) is 108 Å². The maximum Gasteiger partial charge on any atom is 0.396 e. The second-order valence-electron chi connectivity index (χ2n) is 7.32. The summed E-state index contributed by atoms with van der Waals surface area (Å²) in [7, 11) is -1.34. The number of ether oxygens (including phenoxy) is 3. The van der Waals surface area contributed by atoms with Crippen LogP contribution >= 0.6 is 0 Å². The number of halogens is 3. The van der Waals surface area contributed by atoms with Crippen molar-refractivity contribution in [3.8, 4) is 5.75 Å². The van der Waals surface area contributed by atoms with E-state index in [1.165, 1.54) is 55.6 Å². The van der Waals surface area contributed by atoms with Crippen LogP contribution in [0.3, 0.4) is 0 Å². The van der Waals surface area contributed by atoms with E-state index in [9.17, 15) is 31.2 Å². The van der Waals surface area contributed by atoms with E-state index in [1.54, 1.807) is 6.92 Å². The lowest BCUT2D eigenvalue weighted by molar-refractivity contribution is -0.194. The maximum atomic E-state index is 14.1. The van der Waals surface area contributed by atoms with Gasteiger partial charge in [-0.15, -0.1) is 0 Å². The summed E-state index contributed by atoms with van der Waals surface area (Å²) >= 11 is 0. The fourth-order valence-corrected chi connectivity index (χ4v) is 4.17. The number of sulfonamides is 1. The number of hydrogen-bond acceptors (Lipinski definition) is 7. The first-order chi connectivity index (χ1) is 16.3. The third kappa shape index (κ3) is 6.98. The second-order valence-corrected chi connectivity index (χ2v) is 9.00. The lowest BCUT2D eigenvalue weighted by Crippen LogP contribution is -2.40. The first-order valence-corrected chi connectivity index (χ1v) is 11.5. The van der Waals surface area contributed by atoms with E-state index in [1.807, 2.05) is 0 Å². The first kappa shape index (κ1) is 27.7. The number of alkyl halides is 3. The minimum atomic E-state index is -5.15. The van der Waals surface area contributed by atoms with Crippen LogP contribution in [0.2, 0.25) is 0 Å². The van der Waals surface area contributed by atoms with Gasteiger partial charge in [0.1, 0.15) is 5.75 Å². The van der Waals surface area contributed by atoms with Crippen molar-refractivity contribution in [3.05, 3.63) is 65.7 Å². The standard InChI is InChI=1S/C23H24F3NO7S/c1-14-5-11-17(12-6-14)35(30,31)27-19(15-7-9-16(32-2)10-8-15)13-18(23(24,25)26)20(21(28)33-3)22(29)34-4/h5-13,18,20,27H,1-4H3/b19-13+/t18-/m0/s1. The number of hydrogen-bond donors (Lipinski definition) is 1. The van der Waals surface area contributed by atoms with Crippen molar-refractivity contribution >= 4 is 27.7 Å². The van der Waals surface area contributed by atoms with E-state index < -0.39 is 45.7 Å². The normalized spacial score (nSPS) is 13.2. The van der Waals surface area contributed by atoms with Crippen molar-refractivity contribution < 1.29 is 45.4 Å². The van der Waals surface area contributed by atoms with Gasteiger partial charge in [-0.1, -0.05) is 17.7 Å². The molecule has 0 unspecified atom stereocenters. The molecule has 2 rings (SSSR count). The van der Waals surface area contributed by atoms with Crippen LogP contribution in [-0.2, 0) is 29.1 Å². The van der Waals surface area contributed by atoms with Gasteiger partial charge in [-0.2, -0.15) is 13.2 Å². The largest absolute Gasteiger partial charge is 0.497 e. The molecule has 0 aliphatic heterocycles. The van der Waals surface area contributed by atoms with Crippen molar-refractivity contribution in [3.63, 3.8) is 0 Å². The van der Waals surface area contributed by atoms with Gasteiger partial charge >= 0.3 is 18.1 Å². The molecule has 0 heterocycles. The van der Waals surface area contributed by atoms with Gasteiger partial charge in [-0.25, -0.2) is 8.42 Å². The molecule has 0 bridgehead atoms. The summed E-state index contributed by atoms with van der Waals surface area (Å²) < 4.78 is 84.2. The third-order valence-electron chi connectivity index (χ3n) is 4.97. The number of esters is 2. The first-order valence-electron chi connectivity index (χ1n) is 10.0. The van der Waals surface area contributed by atoms with E-state index in [0.29, 0.717) is 11.8 Å². The minimum Gasteiger partial charge on any atom is -0.497 e. The average molecular weight is 516 g/mol. The van der Waals surface area contributed by atoms with Crippen LogP contribution in [0.4, 0.5) is 13.2 Å². The number of carbonyl (C=O) groups excluding carboxylic acids is 2. The van der Waals surface area contributed by atoms with Crippen LogP contribution < -0.4 is 9.46 Å². The highest BCUT2D eigenvalue weighted by atomic mass is 32.2. The molecule has 0 fully saturated rings. The van der Waals surface area contributed by atoms with Crippen molar-refractivity contribution in [1.82, 2.24) is 4.72 Å². The van der Waals surface area contributed by atoms with Gasteiger partial charge in [0.25, 0.3) is 10.0 Å². The van der Waals surface area contributed by atoms with Crippen LogP contribution in [0.15, 0.2) is 59.5 Å². The van der Waals surface area contributed by atoms with Crippen LogP contribution in [0.5, 0.6) is 5.75 Å². The number of benzene rings is 2. The molecule has 0 radical (unpaired) electrons. The summed E-state index contributed by atoms with van der Waals surface area (Å²) in [5.41, 5.74) is 0.267. The van der Waals surface area contributed by atoms with E-state index in [-0.39, 0.29) is 10.5 Å². The number of nitrogens with one attached hydrogen (secondary N) is 1. The van der Waals surface area contributed by atoms with E-state index in [2.05, 4.69) is 14.2 Å². The molecule has 35 heavy (non-hydrogen) atoms. The minimum absolute atomic E-state index is 0.0178. The second kappa shape index (κ2) is 11.3. The Balaban J connectivity index is 2.71. The molecule has 2 aromatic rings. The zero-order valence-corrected chi connectivity index (χ0v) is 20.1. The van der Waals surface area contributed by atoms with Gasteiger partial charge in [0.15, 0.2) is 5.92 Å². The number of methoxy groups -OCH3 is 3. The van der Waals surface area contributed by atoms with E-state index >= 15 is 0 Å².